The molecule has 0 bridgehead atoms. The number of fused-ring (bicyclic) bond motifs is 1. The van der Waals surface area contributed by atoms with Gasteiger partial charge in [-0.3, -0.25) is 0 Å². The summed E-state index contributed by atoms with van der Waals surface area (Å²) in [5.74, 6) is 0. The van der Waals surface area contributed by atoms with Crippen molar-refractivity contribution in [3.05, 3.63) is 52.8 Å². The number of halogens is 1. The number of aromatic nitrogens is 3. The standard InChI is InChI=1S/C17H18ClN3/c1-11-15(12-8-6-5-7-9-12)19-14-10-13(17(2,3)4)20-21(14)16(11)18/h5-10H,1-4H3. The Balaban J connectivity index is 2.27. The lowest BCUT2D eigenvalue weighted by atomic mass is 9.93. The molecule has 3 aromatic rings. The van der Waals surface area contributed by atoms with E-state index < -0.39 is 0 Å². The number of rotatable bonds is 1. The highest BCUT2D eigenvalue weighted by atomic mass is 35.5. The highest BCUT2D eigenvalue weighted by molar-refractivity contribution is 6.30. The van der Waals surface area contributed by atoms with Crippen LogP contribution >= 0.6 is 11.6 Å². The SMILES string of the molecule is Cc1c(-c2ccccc2)nc2cc(C(C)(C)C)nn2c1Cl. The van der Waals surface area contributed by atoms with Crippen molar-refractivity contribution in [2.45, 2.75) is 33.1 Å². The largest absolute Gasteiger partial charge is 0.228 e. The third kappa shape index (κ3) is 2.42. The van der Waals surface area contributed by atoms with Gasteiger partial charge >= 0.3 is 0 Å². The molecule has 0 radical (unpaired) electrons. The fourth-order valence-electron chi connectivity index (χ4n) is 2.29. The number of hydrogen-bond acceptors (Lipinski definition) is 2. The molecule has 0 unspecified atom stereocenters. The summed E-state index contributed by atoms with van der Waals surface area (Å²) >= 11 is 6.50. The van der Waals surface area contributed by atoms with Crippen molar-refractivity contribution in [3.63, 3.8) is 0 Å². The fraction of sp³-hybridized carbons (Fsp3) is 0.294. The minimum atomic E-state index is -0.0299. The van der Waals surface area contributed by atoms with Crippen LogP contribution in [0, 0.1) is 6.92 Å². The zero-order chi connectivity index (χ0) is 15.2. The van der Waals surface area contributed by atoms with Gasteiger partial charge in [0.25, 0.3) is 0 Å². The number of hydrogen-bond donors (Lipinski definition) is 0. The lowest BCUT2D eigenvalue weighted by Crippen LogP contribution is -2.12. The first-order valence-electron chi connectivity index (χ1n) is 7.00. The van der Waals surface area contributed by atoms with E-state index in [-0.39, 0.29) is 5.41 Å². The van der Waals surface area contributed by atoms with Crippen LogP contribution in [0.4, 0.5) is 0 Å². The third-order valence-corrected chi connectivity index (χ3v) is 4.03. The summed E-state index contributed by atoms with van der Waals surface area (Å²) in [4.78, 5) is 4.76. The van der Waals surface area contributed by atoms with E-state index in [1.54, 1.807) is 4.52 Å². The molecule has 3 rings (SSSR count). The van der Waals surface area contributed by atoms with Crippen LogP contribution in [-0.2, 0) is 5.41 Å². The third-order valence-electron chi connectivity index (χ3n) is 3.58. The van der Waals surface area contributed by atoms with Crippen molar-refractivity contribution in [1.82, 2.24) is 14.6 Å². The van der Waals surface area contributed by atoms with E-state index in [2.05, 4.69) is 25.9 Å². The van der Waals surface area contributed by atoms with Gasteiger partial charge < -0.3 is 0 Å². The van der Waals surface area contributed by atoms with Crippen LogP contribution < -0.4 is 0 Å². The van der Waals surface area contributed by atoms with E-state index in [1.807, 2.05) is 43.3 Å². The molecule has 0 spiro atoms. The molecule has 0 aliphatic rings. The molecule has 2 heterocycles. The van der Waals surface area contributed by atoms with Gasteiger partial charge in [-0.05, 0) is 6.92 Å². The van der Waals surface area contributed by atoms with E-state index in [0.717, 1.165) is 28.2 Å². The highest BCUT2D eigenvalue weighted by Gasteiger charge is 2.20. The van der Waals surface area contributed by atoms with Gasteiger partial charge in [0.05, 0.1) is 11.4 Å². The average molecular weight is 300 g/mol. The van der Waals surface area contributed by atoms with Crippen molar-refractivity contribution in [2.24, 2.45) is 0 Å². The normalized spacial score (nSPS) is 12.0. The molecular formula is C17H18ClN3. The average Bonchev–Trinajstić information content (AvgIpc) is 2.88. The second kappa shape index (κ2) is 4.85. The molecule has 0 aliphatic heterocycles. The highest BCUT2D eigenvalue weighted by Crippen LogP contribution is 2.29. The summed E-state index contributed by atoms with van der Waals surface area (Å²) in [6.07, 6.45) is 0. The first kappa shape index (κ1) is 14.1. The Morgan fingerprint density at radius 3 is 2.38 bits per heavy atom. The molecule has 3 nitrogen and oxygen atoms in total. The Labute approximate surface area is 129 Å². The van der Waals surface area contributed by atoms with Gasteiger partial charge in [0.2, 0.25) is 0 Å². The van der Waals surface area contributed by atoms with Gasteiger partial charge in [0.1, 0.15) is 5.15 Å². The lowest BCUT2D eigenvalue weighted by Gasteiger charge is -2.13. The van der Waals surface area contributed by atoms with Crippen LogP contribution in [0.5, 0.6) is 0 Å². The maximum atomic E-state index is 6.50. The molecule has 0 N–H and O–H groups in total. The molecule has 2 aromatic heterocycles. The Hall–Kier alpha value is -1.87. The van der Waals surface area contributed by atoms with E-state index in [9.17, 15) is 0 Å². The number of benzene rings is 1. The summed E-state index contributed by atoms with van der Waals surface area (Å²) in [5.41, 5.74) is 4.67. The van der Waals surface area contributed by atoms with Gasteiger partial charge in [0.15, 0.2) is 5.65 Å². The smallest absolute Gasteiger partial charge is 0.157 e. The fourth-order valence-corrected chi connectivity index (χ4v) is 2.51. The monoisotopic (exact) mass is 299 g/mol. The maximum Gasteiger partial charge on any atom is 0.157 e. The van der Waals surface area contributed by atoms with E-state index >= 15 is 0 Å². The first-order chi connectivity index (χ1) is 9.88. The van der Waals surface area contributed by atoms with Crippen molar-refractivity contribution < 1.29 is 0 Å². The van der Waals surface area contributed by atoms with Crippen LogP contribution in [0.25, 0.3) is 16.9 Å². The Bertz CT molecular complexity index is 798. The molecular weight excluding hydrogens is 282 g/mol. The topological polar surface area (TPSA) is 30.2 Å². The van der Waals surface area contributed by atoms with Gasteiger partial charge in [-0.15, -0.1) is 0 Å². The molecule has 108 valence electrons. The number of nitrogens with zero attached hydrogens (tertiary/aromatic N) is 3. The van der Waals surface area contributed by atoms with Crippen molar-refractivity contribution in [1.29, 1.82) is 0 Å². The van der Waals surface area contributed by atoms with Crippen molar-refractivity contribution in [3.8, 4) is 11.3 Å². The van der Waals surface area contributed by atoms with Gasteiger partial charge in [-0.1, -0.05) is 62.7 Å². The van der Waals surface area contributed by atoms with Crippen molar-refractivity contribution in [2.75, 3.05) is 0 Å². The summed E-state index contributed by atoms with van der Waals surface area (Å²) in [6.45, 7) is 8.38. The van der Waals surface area contributed by atoms with E-state index in [0.29, 0.717) is 5.15 Å². The van der Waals surface area contributed by atoms with E-state index in [4.69, 9.17) is 16.6 Å². The molecule has 0 saturated heterocycles. The zero-order valence-corrected chi connectivity index (χ0v) is 13.4. The minimum absolute atomic E-state index is 0.0299. The summed E-state index contributed by atoms with van der Waals surface area (Å²) in [5, 5.41) is 5.22. The first-order valence-corrected chi connectivity index (χ1v) is 7.37. The zero-order valence-electron chi connectivity index (χ0n) is 12.7. The van der Waals surface area contributed by atoms with Gasteiger partial charge in [-0.25, -0.2) is 9.50 Å². The predicted molar refractivity (Wildman–Crippen MR) is 86.9 cm³/mol. The van der Waals surface area contributed by atoms with Crippen molar-refractivity contribution >= 4 is 17.2 Å². The maximum absolute atomic E-state index is 6.50. The Kier molecular flexibility index (Phi) is 3.25. The summed E-state index contributed by atoms with van der Waals surface area (Å²) in [7, 11) is 0. The molecule has 4 heteroatoms. The second-order valence-corrected chi connectivity index (χ2v) is 6.65. The van der Waals surface area contributed by atoms with Crippen LogP contribution in [0.3, 0.4) is 0 Å². The van der Waals surface area contributed by atoms with Gasteiger partial charge in [-0.2, -0.15) is 5.10 Å². The Morgan fingerprint density at radius 1 is 1.10 bits per heavy atom. The lowest BCUT2D eigenvalue weighted by molar-refractivity contribution is 0.562. The molecule has 21 heavy (non-hydrogen) atoms. The molecule has 1 aromatic carbocycles. The molecule has 0 saturated carbocycles. The Morgan fingerprint density at radius 2 is 1.76 bits per heavy atom. The second-order valence-electron chi connectivity index (χ2n) is 6.29. The summed E-state index contributed by atoms with van der Waals surface area (Å²) in [6, 6.07) is 12.1. The van der Waals surface area contributed by atoms with Gasteiger partial charge in [0, 0.05) is 22.6 Å². The predicted octanol–water partition coefficient (Wildman–Crippen LogP) is 4.66. The minimum Gasteiger partial charge on any atom is -0.228 e. The molecule has 0 fully saturated rings. The quantitative estimate of drug-likeness (QED) is 0.612. The van der Waals surface area contributed by atoms with Crippen LogP contribution in [-0.4, -0.2) is 14.6 Å². The molecule has 0 aliphatic carbocycles. The van der Waals surface area contributed by atoms with Crippen LogP contribution in [0.15, 0.2) is 36.4 Å². The molecule has 0 atom stereocenters. The van der Waals surface area contributed by atoms with Crippen LogP contribution in [0.2, 0.25) is 5.15 Å². The van der Waals surface area contributed by atoms with Crippen LogP contribution in [0.1, 0.15) is 32.0 Å². The van der Waals surface area contributed by atoms with E-state index in [1.165, 1.54) is 0 Å². The molecule has 0 amide bonds. The summed E-state index contributed by atoms with van der Waals surface area (Å²) < 4.78 is 1.73.